The van der Waals surface area contributed by atoms with Crippen molar-refractivity contribution in [3.63, 3.8) is 0 Å². The summed E-state index contributed by atoms with van der Waals surface area (Å²) in [6, 6.07) is 11.2. The molecule has 1 saturated heterocycles. The van der Waals surface area contributed by atoms with Gasteiger partial charge < -0.3 is 14.2 Å². The Hall–Kier alpha value is -2.89. The average Bonchev–Trinajstić information content (AvgIpc) is 3.03. The van der Waals surface area contributed by atoms with Crippen molar-refractivity contribution in [2.24, 2.45) is 7.05 Å². The summed E-state index contributed by atoms with van der Waals surface area (Å²) in [6.07, 6.45) is 3.85. The molecule has 1 unspecified atom stereocenters. The van der Waals surface area contributed by atoms with Gasteiger partial charge in [0, 0.05) is 38.7 Å². The number of ketones is 1. The van der Waals surface area contributed by atoms with Crippen LogP contribution in [-0.2, 0) is 16.6 Å². The summed E-state index contributed by atoms with van der Waals surface area (Å²) in [7, 11) is 1.72. The Morgan fingerprint density at radius 1 is 1.04 bits per heavy atom. The highest BCUT2D eigenvalue weighted by Crippen LogP contribution is 2.38. The molecule has 1 aliphatic heterocycles. The lowest BCUT2D eigenvalue weighted by Crippen LogP contribution is -2.52. The summed E-state index contributed by atoms with van der Waals surface area (Å²) in [5.41, 5.74) is 1.86. The number of aryl methyl sites for hydroxylation is 1. The van der Waals surface area contributed by atoms with Gasteiger partial charge in [-0.25, -0.2) is 4.79 Å². The number of carbonyl (C=O) groups is 2. The molecule has 0 N–H and O–H groups in total. The summed E-state index contributed by atoms with van der Waals surface area (Å²) in [5, 5.41) is 0. The minimum Gasteiger partial charge on any atom is -0.435 e. The van der Waals surface area contributed by atoms with Crippen LogP contribution in [0.5, 0.6) is 0 Å². The molecular weight excluding hydrogens is 356 g/mol. The van der Waals surface area contributed by atoms with E-state index in [2.05, 4.69) is 0 Å². The van der Waals surface area contributed by atoms with Crippen LogP contribution in [0.25, 0.3) is 11.1 Å². The van der Waals surface area contributed by atoms with Crippen LogP contribution in [0.3, 0.4) is 0 Å². The first-order valence-corrected chi connectivity index (χ1v) is 9.70. The Morgan fingerprint density at radius 2 is 1.79 bits per heavy atom. The Balaban J connectivity index is 1.50. The summed E-state index contributed by atoms with van der Waals surface area (Å²) in [4.78, 5) is 38.3. The molecule has 1 saturated carbocycles. The van der Waals surface area contributed by atoms with Crippen molar-refractivity contribution in [2.75, 3.05) is 6.54 Å². The third kappa shape index (κ3) is 3.13. The number of hydrogen-bond donors (Lipinski definition) is 0. The predicted molar refractivity (Wildman–Crippen MR) is 105 cm³/mol. The van der Waals surface area contributed by atoms with Gasteiger partial charge >= 0.3 is 6.09 Å². The first kappa shape index (κ1) is 18.5. The maximum absolute atomic E-state index is 12.6. The SMILES string of the molecule is C[C@@H](c1ccc(-c2ccn(C)c(=O)c2)cc1)N1CCC2(CCCC2=O)OC1=O. The lowest BCUT2D eigenvalue weighted by atomic mass is 9.94. The topological polar surface area (TPSA) is 68.6 Å². The third-order valence-corrected chi connectivity index (χ3v) is 6.06. The van der Waals surface area contributed by atoms with E-state index >= 15 is 0 Å². The Kier molecular flexibility index (Phi) is 4.57. The van der Waals surface area contributed by atoms with Crippen LogP contribution in [-0.4, -0.2) is 33.5 Å². The van der Waals surface area contributed by atoms with E-state index in [0.29, 0.717) is 25.8 Å². The van der Waals surface area contributed by atoms with Crippen LogP contribution in [0, 0.1) is 0 Å². The van der Waals surface area contributed by atoms with Crippen LogP contribution >= 0.6 is 0 Å². The van der Waals surface area contributed by atoms with Gasteiger partial charge in [0.1, 0.15) is 0 Å². The molecule has 2 aliphatic rings. The van der Waals surface area contributed by atoms with E-state index in [4.69, 9.17) is 4.74 Å². The molecule has 1 aliphatic carbocycles. The van der Waals surface area contributed by atoms with Crippen molar-refractivity contribution >= 4 is 11.9 Å². The van der Waals surface area contributed by atoms with Crippen molar-refractivity contribution < 1.29 is 14.3 Å². The predicted octanol–water partition coefficient (Wildman–Crippen LogP) is 3.45. The van der Waals surface area contributed by atoms with Gasteiger partial charge in [-0.2, -0.15) is 0 Å². The molecule has 6 heteroatoms. The molecular formula is C22H24N2O4. The summed E-state index contributed by atoms with van der Waals surface area (Å²) in [5.74, 6) is 0.0616. The lowest BCUT2D eigenvalue weighted by Gasteiger charge is -2.40. The van der Waals surface area contributed by atoms with Crippen LogP contribution in [0.1, 0.15) is 44.2 Å². The second-order valence-corrected chi connectivity index (χ2v) is 7.74. The van der Waals surface area contributed by atoms with E-state index in [1.807, 2.05) is 37.3 Å². The molecule has 2 aromatic rings. The van der Waals surface area contributed by atoms with E-state index in [0.717, 1.165) is 23.1 Å². The molecule has 2 fully saturated rings. The zero-order valence-corrected chi connectivity index (χ0v) is 16.2. The normalized spacial score (nSPS) is 23.1. The number of ether oxygens (including phenoxy) is 1. The van der Waals surface area contributed by atoms with Crippen LogP contribution in [0.15, 0.2) is 47.4 Å². The van der Waals surface area contributed by atoms with Crippen molar-refractivity contribution in [3.8, 4) is 11.1 Å². The molecule has 2 heterocycles. The average molecular weight is 380 g/mol. The van der Waals surface area contributed by atoms with Gasteiger partial charge in [0.15, 0.2) is 11.4 Å². The second kappa shape index (κ2) is 6.93. The summed E-state index contributed by atoms with van der Waals surface area (Å²) in [6.45, 7) is 2.48. The van der Waals surface area contributed by atoms with Gasteiger partial charge in [0.2, 0.25) is 0 Å². The van der Waals surface area contributed by atoms with Gasteiger partial charge in [-0.05, 0) is 42.5 Å². The number of benzene rings is 1. The van der Waals surface area contributed by atoms with E-state index in [1.54, 1.807) is 24.2 Å². The minimum absolute atomic E-state index is 0.0543. The number of amides is 1. The monoisotopic (exact) mass is 380 g/mol. The van der Waals surface area contributed by atoms with Crippen molar-refractivity contribution in [2.45, 2.75) is 44.2 Å². The molecule has 146 valence electrons. The zero-order chi connectivity index (χ0) is 19.9. The molecule has 0 radical (unpaired) electrons. The number of hydrogen-bond acceptors (Lipinski definition) is 4. The van der Waals surface area contributed by atoms with Crippen LogP contribution < -0.4 is 5.56 Å². The highest BCUT2D eigenvalue weighted by atomic mass is 16.6. The van der Waals surface area contributed by atoms with Crippen LogP contribution in [0.2, 0.25) is 0 Å². The van der Waals surface area contributed by atoms with Crippen molar-refractivity contribution in [3.05, 3.63) is 58.5 Å². The molecule has 1 aromatic carbocycles. The van der Waals surface area contributed by atoms with Gasteiger partial charge in [0.05, 0.1) is 6.04 Å². The number of nitrogens with zero attached hydrogens (tertiary/aromatic N) is 2. The molecule has 0 bridgehead atoms. The maximum atomic E-state index is 12.6. The number of aromatic nitrogens is 1. The molecule has 6 nitrogen and oxygen atoms in total. The van der Waals surface area contributed by atoms with Gasteiger partial charge in [-0.3, -0.25) is 9.59 Å². The first-order chi connectivity index (χ1) is 13.4. The molecule has 1 amide bonds. The van der Waals surface area contributed by atoms with E-state index < -0.39 is 11.7 Å². The molecule has 1 aromatic heterocycles. The maximum Gasteiger partial charge on any atom is 0.411 e. The fourth-order valence-corrected chi connectivity index (χ4v) is 4.16. The third-order valence-electron chi connectivity index (χ3n) is 6.06. The standard InChI is InChI=1S/C22H24N2O4/c1-15(24-13-11-22(28-21(24)27)10-3-4-19(22)25)16-5-7-17(8-6-16)18-9-12-23(2)20(26)14-18/h5-9,12,14-15H,3-4,10-11,13H2,1-2H3/t15-,22?/m0/s1. The summed E-state index contributed by atoms with van der Waals surface area (Å²) >= 11 is 0. The second-order valence-electron chi connectivity index (χ2n) is 7.74. The van der Waals surface area contributed by atoms with Gasteiger partial charge in [-0.15, -0.1) is 0 Å². The number of Topliss-reactive ketones (excluding diaryl/α,β-unsaturated/α-hetero) is 1. The number of pyridine rings is 1. The lowest BCUT2D eigenvalue weighted by molar-refractivity contribution is -0.139. The van der Waals surface area contributed by atoms with E-state index in [1.165, 1.54) is 4.57 Å². The number of rotatable bonds is 3. The zero-order valence-electron chi connectivity index (χ0n) is 16.2. The number of carbonyl (C=O) groups excluding carboxylic acids is 2. The highest BCUT2D eigenvalue weighted by molar-refractivity contribution is 5.92. The Labute approximate surface area is 163 Å². The van der Waals surface area contributed by atoms with Gasteiger partial charge in [0.25, 0.3) is 5.56 Å². The molecule has 1 spiro atoms. The minimum atomic E-state index is -0.878. The fraction of sp³-hybridized carbons (Fsp3) is 0.409. The quantitative estimate of drug-likeness (QED) is 0.818. The van der Waals surface area contributed by atoms with Crippen molar-refractivity contribution in [1.82, 2.24) is 9.47 Å². The molecule has 2 atom stereocenters. The van der Waals surface area contributed by atoms with Gasteiger partial charge in [-0.1, -0.05) is 24.3 Å². The smallest absolute Gasteiger partial charge is 0.411 e. The molecule has 28 heavy (non-hydrogen) atoms. The van der Waals surface area contributed by atoms with E-state index in [-0.39, 0.29) is 17.4 Å². The Morgan fingerprint density at radius 3 is 2.39 bits per heavy atom. The van der Waals surface area contributed by atoms with Crippen LogP contribution in [0.4, 0.5) is 4.79 Å². The van der Waals surface area contributed by atoms with E-state index in [9.17, 15) is 14.4 Å². The largest absolute Gasteiger partial charge is 0.435 e. The fourth-order valence-electron chi connectivity index (χ4n) is 4.16. The highest BCUT2D eigenvalue weighted by Gasteiger charge is 2.49. The first-order valence-electron chi connectivity index (χ1n) is 9.70. The molecule has 4 rings (SSSR count). The Bertz CT molecular complexity index is 979. The van der Waals surface area contributed by atoms with Crippen molar-refractivity contribution in [1.29, 1.82) is 0 Å². The summed E-state index contributed by atoms with van der Waals surface area (Å²) < 4.78 is 7.15.